The summed E-state index contributed by atoms with van der Waals surface area (Å²) < 4.78 is 18.9. The van der Waals surface area contributed by atoms with Crippen molar-refractivity contribution in [2.75, 3.05) is 19.6 Å². The first-order valence-electron chi connectivity index (χ1n) is 6.87. The first-order valence-corrected chi connectivity index (χ1v) is 6.87. The van der Waals surface area contributed by atoms with Gasteiger partial charge in [0.1, 0.15) is 17.7 Å². The van der Waals surface area contributed by atoms with Crippen molar-refractivity contribution in [2.24, 2.45) is 5.41 Å². The van der Waals surface area contributed by atoms with Gasteiger partial charge < -0.3 is 9.84 Å². The molecule has 0 aliphatic carbocycles. The number of fused-ring (bicyclic) bond motifs is 1. The molecule has 2 aliphatic heterocycles. The fourth-order valence-electron chi connectivity index (χ4n) is 3.07. The summed E-state index contributed by atoms with van der Waals surface area (Å²) in [6.45, 7) is 3.80. The second-order valence-corrected chi connectivity index (χ2v) is 6.05. The molecule has 0 aromatic heterocycles. The second kappa shape index (κ2) is 4.74. The smallest absolute Gasteiger partial charge is 0.310 e. The van der Waals surface area contributed by atoms with E-state index in [1.807, 2.05) is 0 Å². The highest BCUT2D eigenvalue weighted by Gasteiger charge is 2.41. The fourth-order valence-corrected chi connectivity index (χ4v) is 3.07. The van der Waals surface area contributed by atoms with Crippen molar-refractivity contribution in [3.05, 3.63) is 29.6 Å². The number of likely N-dealkylation sites (tertiary alicyclic amines) is 1. The summed E-state index contributed by atoms with van der Waals surface area (Å²) in [7, 11) is 0. The highest BCUT2D eigenvalue weighted by atomic mass is 19.1. The van der Waals surface area contributed by atoms with Gasteiger partial charge in [0.2, 0.25) is 0 Å². The molecule has 20 heavy (non-hydrogen) atoms. The molecular formula is C15H18FNO3. The van der Waals surface area contributed by atoms with Gasteiger partial charge in [-0.3, -0.25) is 9.69 Å². The predicted octanol–water partition coefficient (Wildman–Crippen LogP) is 1.93. The Morgan fingerprint density at radius 1 is 1.60 bits per heavy atom. The third-order valence-electron chi connectivity index (χ3n) is 4.29. The van der Waals surface area contributed by atoms with Crippen molar-refractivity contribution in [1.29, 1.82) is 0 Å². The van der Waals surface area contributed by atoms with Crippen molar-refractivity contribution in [1.82, 2.24) is 4.90 Å². The maximum atomic E-state index is 13.2. The van der Waals surface area contributed by atoms with Crippen LogP contribution in [0.25, 0.3) is 0 Å². The van der Waals surface area contributed by atoms with Gasteiger partial charge >= 0.3 is 5.97 Å². The van der Waals surface area contributed by atoms with E-state index in [0.717, 1.165) is 17.9 Å². The molecular weight excluding hydrogens is 261 g/mol. The van der Waals surface area contributed by atoms with E-state index in [1.165, 1.54) is 12.1 Å². The van der Waals surface area contributed by atoms with Crippen molar-refractivity contribution in [2.45, 2.75) is 25.9 Å². The highest BCUT2D eigenvalue weighted by molar-refractivity contribution is 5.74. The standard InChI is InChI=1S/C15H18FNO3/c1-15(14(18)19)4-5-17(9-15)8-12-7-10-6-11(16)2-3-13(10)20-12/h2-3,6,12H,4-5,7-9H2,1H3,(H,18,19). The SMILES string of the molecule is CC1(C(=O)O)CCN(CC2Cc3cc(F)ccc3O2)C1. The summed E-state index contributed by atoms with van der Waals surface area (Å²) in [6, 6.07) is 4.58. The average Bonchev–Trinajstić information content (AvgIpc) is 2.93. The quantitative estimate of drug-likeness (QED) is 0.918. The van der Waals surface area contributed by atoms with Crippen LogP contribution in [0.3, 0.4) is 0 Å². The molecule has 2 unspecified atom stereocenters. The Bertz CT molecular complexity index is 548. The maximum Gasteiger partial charge on any atom is 0.310 e. The first kappa shape index (κ1) is 13.4. The van der Waals surface area contributed by atoms with Gasteiger partial charge in [-0.15, -0.1) is 0 Å². The maximum absolute atomic E-state index is 13.2. The number of hydrogen-bond donors (Lipinski definition) is 1. The van der Waals surface area contributed by atoms with Gasteiger partial charge in [-0.25, -0.2) is 4.39 Å². The lowest BCUT2D eigenvalue weighted by Crippen LogP contribution is -2.36. The molecule has 0 radical (unpaired) electrons. The van der Waals surface area contributed by atoms with E-state index >= 15 is 0 Å². The van der Waals surface area contributed by atoms with Gasteiger partial charge in [-0.1, -0.05) is 0 Å². The van der Waals surface area contributed by atoms with Crippen LogP contribution in [0.1, 0.15) is 18.9 Å². The number of aliphatic carboxylic acids is 1. The number of hydrogen-bond acceptors (Lipinski definition) is 3. The van der Waals surface area contributed by atoms with Gasteiger partial charge in [0, 0.05) is 25.1 Å². The summed E-state index contributed by atoms with van der Waals surface area (Å²) in [6.07, 6.45) is 1.34. The number of benzene rings is 1. The average molecular weight is 279 g/mol. The number of rotatable bonds is 3. The summed E-state index contributed by atoms with van der Waals surface area (Å²) in [5, 5.41) is 9.22. The van der Waals surface area contributed by atoms with E-state index < -0.39 is 11.4 Å². The summed E-state index contributed by atoms with van der Waals surface area (Å²) >= 11 is 0. The summed E-state index contributed by atoms with van der Waals surface area (Å²) in [5.74, 6) is -0.234. The van der Waals surface area contributed by atoms with Crippen LogP contribution in [0, 0.1) is 11.2 Å². The number of halogens is 1. The van der Waals surface area contributed by atoms with Crippen molar-refractivity contribution in [3.63, 3.8) is 0 Å². The van der Waals surface area contributed by atoms with Crippen LogP contribution < -0.4 is 4.74 Å². The minimum absolute atomic E-state index is 0.0112. The number of carboxylic acid groups (broad SMARTS) is 1. The molecule has 0 saturated carbocycles. The van der Waals surface area contributed by atoms with E-state index in [-0.39, 0.29) is 11.9 Å². The molecule has 1 aromatic carbocycles. The van der Waals surface area contributed by atoms with E-state index in [0.29, 0.717) is 25.9 Å². The summed E-state index contributed by atoms with van der Waals surface area (Å²) in [5.41, 5.74) is 0.243. The van der Waals surface area contributed by atoms with Gasteiger partial charge in [-0.2, -0.15) is 0 Å². The molecule has 2 heterocycles. The molecule has 3 rings (SSSR count). The normalized spacial score (nSPS) is 29.2. The van der Waals surface area contributed by atoms with Crippen molar-refractivity contribution < 1.29 is 19.0 Å². The molecule has 108 valence electrons. The van der Waals surface area contributed by atoms with E-state index in [1.54, 1.807) is 13.0 Å². The Morgan fingerprint density at radius 3 is 3.10 bits per heavy atom. The lowest BCUT2D eigenvalue weighted by Gasteiger charge is -2.22. The van der Waals surface area contributed by atoms with Crippen LogP contribution in [0.2, 0.25) is 0 Å². The molecule has 2 atom stereocenters. The molecule has 0 amide bonds. The largest absolute Gasteiger partial charge is 0.488 e. The van der Waals surface area contributed by atoms with E-state index in [2.05, 4.69) is 4.90 Å². The minimum atomic E-state index is -0.738. The minimum Gasteiger partial charge on any atom is -0.488 e. The zero-order valence-corrected chi connectivity index (χ0v) is 11.4. The molecule has 1 aromatic rings. The van der Waals surface area contributed by atoms with Gasteiger partial charge in [0.25, 0.3) is 0 Å². The highest BCUT2D eigenvalue weighted by Crippen LogP contribution is 2.33. The van der Waals surface area contributed by atoms with Crippen LogP contribution in [-0.2, 0) is 11.2 Å². The third-order valence-corrected chi connectivity index (χ3v) is 4.29. The molecule has 5 heteroatoms. The van der Waals surface area contributed by atoms with Crippen LogP contribution in [0.4, 0.5) is 4.39 Å². The van der Waals surface area contributed by atoms with Crippen molar-refractivity contribution >= 4 is 5.97 Å². The van der Waals surface area contributed by atoms with Crippen LogP contribution >= 0.6 is 0 Å². The zero-order valence-electron chi connectivity index (χ0n) is 11.4. The lowest BCUT2D eigenvalue weighted by atomic mass is 9.90. The Balaban J connectivity index is 1.61. The third kappa shape index (κ3) is 2.38. The van der Waals surface area contributed by atoms with Crippen LogP contribution in [0.15, 0.2) is 18.2 Å². The molecule has 1 fully saturated rings. The predicted molar refractivity (Wildman–Crippen MR) is 71.3 cm³/mol. The number of carbonyl (C=O) groups is 1. The Morgan fingerprint density at radius 2 is 2.40 bits per heavy atom. The Labute approximate surface area is 117 Å². The van der Waals surface area contributed by atoms with Crippen LogP contribution in [-0.4, -0.2) is 41.7 Å². The fraction of sp³-hybridized carbons (Fsp3) is 0.533. The lowest BCUT2D eigenvalue weighted by molar-refractivity contribution is -0.147. The zero-order chi connectivity index (χ0) is 14.3. The molecule has 2 aliphatic rings. The molecule has 4 nitrogen and oxygen atoms in total. The van der Waals surface area contributed by atoms with Gasteiger partial charge in [-0.05, 0) is 38.1 Å². The Hall–Kier alpha value is -1.62. The number of nitrogens with zero attached hydrogens (tertiary/aromatic N) is 1. The van der Waals surface area contributed by atoms with Crippen LogP contribution in [0.5, 0.6) is 5.75 Å². The number of ether oxygens (including phenoxy) is 1. The summed E-state index contributed by atoms with van der Waals surface area (Å²) in [4.78, 5) is 13.3. The van der Waals surface area contributed by atoms with Crippen molar-refractivity contribution in [3.8, 4) is 5.75 Å². The monoisotopic (exact) mass is 279 g/mol. The second-order valence-electron chi connectivity index (χ2n) is 6.05. The number of carboxylic acids is 1. The van der Waals surface area contributed by atoms with Gasteiger partial charge in [0.05, 0.1) is 5.41 Å². The molecule has 1 N–H and O–H groups in total. The molecule has 0 spiro atoms. The van der Waals surface area contributed by atoms with Gasteiger partial charge in [0.15, 0.2) is 0 Å². The van der Waals surface area contributed by atoms with E-state index in [4.69, 9.17) is 4.74 Å². The molecule has 0 bridgehead atoms. The van der Waals surface area contributed by atoms with E-state index in [9.17, 15) is 14.3 Å². The topological polar surface area (TPSA) is 49.8 Å². The first-order chi connectivity index (χ1) is 9.46. The molecule has 1 saturated heterocycles. The Kier molecular flexibility index (Phi) is 3.17.